The number of hydrogen-bond acceptors (Lipinski definition) is 7. The Kier molecular flexibility index (Phi) is 8.70. The van der Waals surface area contributed by atoms with Crippen LogP contribution in [0.4, 0.5) is 13.2 Å². The van der Waals surface area contributed by atoms with Crippen molar-refractivity contribution in [1.29, 1.82) is 0 Å². The maximum atomic E-state index is 13.1. The molecule has 3 heterocycles. The fraction of sp³-hybridized carbons (Fsp3) is 0.556. The van der Waals surface area contributed by atoms with E-state index in [4.69, 9.17) is 4.74 Å². The molecule has 0 radical (unpaired) electrons. The topological polar surface area (TPSA) is 109 Å². The van der Waals surface area contributed by atoms with Crippen LogP contribution in [-0.4, -0.2) is 67.6 Å². The van der Waals surface area contributed by atoms with Crippen LogP contribution in [0.3, 0.4) is 0 Å². The van der Waals surface area contributed by atoms with E-state index in [1.807, 2.05) is 0 Å². The molecule has 1 aromatic heterocycles. The molecular formula is C27H34F3N3O5S. The molecule has 1 saturated heterocycles. The van der Waals surface area contributed by atoms with Crippen molar-refractivity contribution in [2.45, 2.75) is 62.5 Å². The molecular weight excluding hydrogens is 535 g/mol. The first-order valence-corrected chi connectivity index (χ1v) is 14.8. The standard InChI is InChI=1S/C27H34F3N3O5S/c1-16(2)25-24-19(12-33(25)13-21-7-6-20(15-38-21)27(28,29)30)10-18(11-31-24)26(35)32-23(14-34)17-4-8-22(9-5-17)39(3,36)37/h4-5,8-11,16,20-21,23,25,34H,6-7,12-15H2,1-3H3,(H,32,35)/t20?,21-,23+,25?/m1/s1. The number of aliphatic hydroxyl groups excluding tert-OH is 1. The second-order valence-corrected chi connectivity index (χ2v) is 12.7. The van der Waals surface area contributed by atoms with Gasteiger partial charge in [-0.3, -0.25) is 14.7 Å². The number of carbonyl (C=O) groups excluding carboxylic acids is 1. The fourth-order valence-electron chi connectivity index (χ4n) is 5.34. The number of nitrogens with zero attached hydrogens (tertiary/aromatic N) is 2. The molecule has 1 fully saturated rings. The van der Waals surface area contributed by atoms with Crippen LogP contribution in [0, 0.1) is 11.8 Å². The normalized spacial score (nSPS) is 23.0. The summed E-state index contributed by atoms with van der Waals surface area (Å²) >= 11 is 0. The van der Waals surface area contributed by atoms with Gasteiger partial charge in [0.15, 0.2) is 9.84 Å². The van der Waals surface area contributed by atoms with E-state index in [1.54, 1.807) is 18.2 Å². The zero-order valence-electron chi connectivity index (χ0n) is 22.1. The van der Waals surface area contributed by atoms with Gasteiger partial charge in [-0.25, -0.2) is 8.42 Å². The van der Waals surface area contributed by atoms with Crippen molar-refractivity contribution in [3.63, 3.8) is 0 Å². The Hall–Kier alpha value is -2.54. The van der Waals surface area contributed by atoms with Crippen LogP contribution in [-0.2, 0) is 21.1 Å². The van der Waals surface area contributed by atoms with Gasteiger partial charge in [0.25, 0.3) is 5.91 Å². The SMILES string of the molecule is CC(C)C1c2ncc(C(=O)N[C@@H](CO)c3ccc(S(C)(=O)=O)cc3)cc2CN1C[C@H]1CCC(C(F)(F)F)CO1. The lowest BCUT2D eigenvalue weighted by Crippen LogP contribution is -2.41. The largest absolute Gasteiger partial charge is 0.394 e. The van der Waals surface area contributed by atoms with Gasteiger partial charge in [0.2, 0.25) is 0 Å². The van der Waals surface area contributed by atoms with Crippen molar-refractivity contribution in [3.8, 4) is 0 Å². The summed E-state index contributed by atoms with van der Waals surface area (Å²) in [4.78, 5) is 19.9. The molecule has 0 saturated carbocycles. The van der Waals surface area contributed by atoms with E-state index in [1.165, 1.54) is 18.3 Å². The highest BCUT2D eigenvalue weighted by atomic mass is 32.2. The molecule has 2 aliphatic heterocycles. The molecule has 2 aliphatic rings. The summed E-state index contributed by atoms with van der Waals surface area (Å²) in [6.07, 6.45) is -1.58. The first-order valence-electron chi connectivity index (χ1n) is 12.9. The summed E-state index contributed by atoms with van der Waals surface area (Å²) in [5.41, 5.74) is 2.56. The molecule has 0 spiro atoms. The van der Waals surface area contributed by atoms with Gasteiger partial charge in [0.05, 0.1) is 53.5 Å². The molecule has 39 heavy (non-hydrogen) atoms. The number of fused-ring (bicyclic) bond motifs is 1. The number of aromatic nitrogens is 1. The number of aliphatic hydroxyl groups is 1. The van der Waals surface area contributed by atoms with E-state index < -0.39 is 33.9 Å². The predicted octanol–water partition coefficient (Wildman–Crippen LogP) is 3.82. The monoisotopic (exact) mass is 569 g/mol. The third-order valence-electron chi connectivity index (χ3n) is 7.41. The first-order chi connectivity index (χ1) is 18.3. The predicted molar refractivity (Wildman–Crippen MR) is 138 cm³/mol. The number of sulfone groups is 1. The quantitative estimate of drug-likeness (QED) is 0.498. The molecule has 4 rings (SSSR count). The Balaban J connectivity index is 1.44. The summed E-state index contributed by atoms with van der Waals surface area (Å²) in [6.45, 7) is 4.36. The first kappa shape index (κ1) is 29.4. The number of pyridine rings is 1. The molecule has 4 atom stereocenters. The van der Waals surface area contributed by atoms with Crippen LogP contribution < -0.4 is 5.32 Å². The lowest BCUT2D eigenvalue weighted by Gasteiger charge is -2.35. The Morgan fingerprint density at radius 2 is 1.92 bits per heavy atom. The summed E-state index contributed by atoms with van der Waals surface area (Å²) < 4.78 is 68.0. The minimum Gasteiger partial charge on any atom is -0.394 e. The van der Waals surface area contributed by atoms with E-state index >= 15 is 0 Å². The molecule has 2 aromatic rings. The van der Waals surface area contributed by atoms with E-state index in [0.29, 0.717) is 30.6 Å². The third-order valence-corrected chi connectivity index (χ3v) is 8.54. The molecule has 0 bridgehead atoms. The highest BCUT2D eigenvalue weighted by Crippen LogP contribution is 2.39. The zero-order chi connectivity index (χ0) is 28.5. The summed E-state index contributed by atoms with van der Waals surface area (Å²) in [6, 6.07) is 6.91. The van der Waals surface area contributed by atoms with Gasteiger partial charge in [-0.1, -0.05) is 26.0 Å². The lowest BCUT2D eigenvalue weighted by atomic mass is 9.96. The minimum atomic E-state index is -4.25. The molecule has 2 unspecified atom stereocenters. The molecule has 12 heteroatoms. The average molecular weight is 570 g/mol. The number of benzene rings is 1. The highest BCUT2D eigenvalue weighted by Gasteiger charge is 2.43. The van der Waals surface area contributed by atoms with E-state index in [2.05, 4.69) is 29.0 Å². The molecule has 1 aromatic carbocycles. The van der Waals surface area contributed by atoms with Crippen LogP contribution in [0.2, 0.25) is 0 Å². The number of rotatable bonds is 8. The number of halogens is 3. The van der Waals surface area contributed by atoms with Crippen molar-refractivity contribution in [2.24, 2.45) is 11.8 Å². The summed E-state index contributed by atoms with van der Waals surface area (Å²) in [5, 5.41) is 12.6. The number of amides is 1. The van der Waals surface area contributed by atoms with Crippen LogP contribution in [0.15, 0.2) is 41.4 Å². The van der Waals surface area contributed by atoms with Crippen molar-refractivity contribution in [3.05, 3.63) is 58.9 Å². The Labute approximate surface area is 226 Å². The van der Waals surface area contributed by atoms with Crippen molar-refractivity contribution < 1.29 is 36.2 Å². The van der Waals surface area contributed by atoms with Gasteiger partial charge in [0.1, 0.15) is 0 Å². The number of alkyl halides is 3. The number of nitrogens with one attached hydrogen (secondary N) is 1. The van der Waals surface area contributed by atoms with E-state index in [9.17, 15) is 31.5 Å². The van der Waals surface area contributed by atoms with Gasteiger partial charge in [-0.15, -0.1) is 0 Å². The average Bonchev–Trinajstić information content (AvgIpc) is 3.23. The van der Waals surface area contributed by atoms with Crippen molar-refractivity contribution in [2.75, 3.05) is 26.0 Å². The minimum absolute atomic E-state index is 0.0485. The van der Waals surface area contributed by atoms with Crippen LogP contribution in [0.1, 0.15) is 66.0 Å². The molecule has 8 nitrogen and oxygen atoms in total. The Bertz CT molecular complexity index is 1280. The summed E-state index contributed by atoms with van der Waals surface area (Å²) in [7, 11) is -3.37. The van der Waals surface area contributed by atoms with Gasteiger partial charge in [-0.2, -0.15) is 13.2 Å². The van der Waals surface area contributed by atoms with Gasteiger partial charge in [0, 0.05) is 25.5 Å². The number of hydrogen-bond donors (Lipinski definition) is 2. The smallest absolute Gasteiger partial charge is 0.394 e. The zero-order valence-corrected chi connectivity index (χ0v) is 22.9. The van der Waals surface area contributed by atoms with Gasteiger partial charge in [-0.05, 0) is 48.1 Å². The third kappa shape index (κ3) is 6.79. The second-order valence-electron chi connectivity index (χ2n) is 10.7. The number of ether oxygens (including phenoxy) is 1. The molecule has 0 aliphatic carbocycles. The van der Waals surface area contributed by atoms with Crippen LogP contribution >= 0.6 is 0 Å². The van der Waals surface area contributed by atoms with Crippen molar-refractivity contribution >= 4 is 15.7 Å². The second kappa shape index (κ2) is 11.5. The molecule has 2 N–H and O–H groups in total. The van der Waals surface area contributed by atoms with Gasteiger partial charge >= 0.3 is 6.18 Å². The Morgan fingerprint density at radius 3 is 2.46 bits per heavy atom. The van der Waals surface area contributed by atoms with Gasteiger partial charge < -0.3 is 15.2 Å². The van der Waals surface area contributed by atoms with E-state index in [0.717, 1.165) is 17.5 Å². The molecule has 1 amide bonds. The van der Waals surface area contributed by atoms with Crippen LogP contribution in [0.5, 0.6) is 0 Å². The number of carbonyl (C=O) groups is 1. The summed E-state index contributed by atoms with van der Waals surface area (Å²) in [5.74, 6) is -1.68. The highest BCUT2D eigenvalue weighted by molar-refractivity contribution is 7.90. The van der Waals surface area contributed by atoms with E-state index in [-0.39, 0.29) is 42.6 Å². The Morgan fingerprint density at radius 1 is 1.23 bits per heavy atom. The lowest BCUT2D eigenvalue weighted by molar-refractivity contribution is -0.209. The maximum absolute atomic E-state index is 13.1. The van der Waals surface area contributed by atoms with Crippen LogP contribution in [0.25, 0.3) is 0 Å². The van der Waals surface area contributed by atoms with Crippen molar-refractivity contribution in [1.82, 2.24) is 15.2 Å². The molecule has 214 valence electrons. The maximum Gasteiger partial charge on any atom is 0.394 e. The fourth-order valence-corrected chi connectivity index (χ4v) is 5.97.